The van der Waals surface area contributed by atoms with Crippen LogP contribution in [0.2, 0.25) is 0 Å². The third kappa shape index (κ3) is 4.59. The van der Waals surface area contributed by atoms with Crippen LogP contribution in [0.25, 0.3) is 0 Å². The molecular formula is C13H20N4O4. The summed E-state index contributed by atoms with van der Waals surface area (Å²) in [7, 11) is 1.77. The van der Waals surface area contributed by atoms with Gasteiger partial charge in [0, 0.05) is 24.7 Å². The van der Waals surface area contributed by atoms with Crippen molar-refractivity contribution in [2.24, 2.45) is 12.8 Å². The van der Waals surface area contributed by atoms with Crippen molar-refractivity contribution in [2.45, 2.75) is 39.2 Å². The Morgan fingerprint density at radius 2 is 2.00 bits per heavy atom. The number of carboxylic acid groups (broad SMARTS) is 1. The van der Waals surface area contributed by atoms with Gasteiger partial charge in [0.25, 0.3) is 0 Å². The van der Waals surface area contributed by atoms with Gasteiger partial charge in [0.1, 0.15) is 6.04 Å². The van der Waals surface area contributed by atoms with E-state index in [9.17, 15) is 14.4 Å². The molecule has 4 N–H and O–H groups in total. The quantitative estimate of drug-likeness (QED) is 0.620. The normalized spacial score (nSPS) is 12.0. The van der Waals surface area contributed by atoms with E-state index in [4.69, 9.17) is 10.8 Å². The summed E-state index contributed by atoms with van der Waals surface area (Å²) in [5, 5.41) is 15.6. The van der Waals surface area contributed by atoms with Crippen LogP contribution in [0, 0.1) is 13.8 Å². The Kier molecular flexibility index (Phi) is 5.45. The average Bonchev–Trinajstić information content (AvgIpc) is 2.60. The van der Waals surface area contributed by atoms with Crippen LogP contribution in [-0.4, -0.2) is 38.7 Å². The molecule has 0 aromatic carbocycles. The van der Waals surface area contributed by atoms with Crippen molar-refractivity contribution in [1.82, 2.24) is 15.1 Å². The minimum Gasteiger partial charge on any atom is -0.480 e. The Morgan fingerprint density at radius 1 is 1.38 bits per heavy atom. The largest absolute Gasteiger partial charge is 0.480 e. The van der Waals surface area contributed by atoms with Crippen molar-refractivity contribution in [1.29, 1.82) is 0 Å². The number of carboxylic acids is 1. The van der Waals surface area contributed by atoms with Gasteiger partial charge in [-0.15, -0.1) is 0 Å². The van der Waals surface area contributed by atoms with Crippen LogP contribution < -0.4 is 11.1 Å². The van der Waals surface area contributed by atoms with Gasteiger partial charge in [0.15, 0.2) is 0 Å². The maximum atomic E-state index is 12.0. The molecule has 0 spiro atoms. The number of aromatic nitrogens is 2. The number of aryl methyl sites for hydroxylation is 2. The highest BCUT2D eigenvalue weighted by Gasteiger charge is 2.22. The fourth-order valence-corrected chi connectivity index (χ4v) is 2.02. The SMILES string of the molecule is Cc1nn(C)c(C)c1CC(=O)N[C@H](CCC(N)=O)C(=O)O. The Morgan fingerprint density at radius 3 is 2.43 bits per heavy atom. The van der Waals surface area contributed by atoms with Crippen LogP contribution in [0.4, 0.5) is 0 Å². The molecule has 1 rings (SSSR count). The number of hydrogen-bond donors (Lipinski definition) is 3. The number of amides is 2. The molecule has 1 aromatic heterocycles. The highest BCUT2D eigenvalue weighted by molar-refractivity contribution is 5.85. The molecule has 0 radical (unpaired) electrons. The summed E-state index contributed by atoms with van der Waals surface area (Å²) < 4.78 is 1.67. The molecule has 2 amide bonds. The number of rotatable bonds is 7. The Hall–Kier alpha value is -2.38. The molecular weight excluding hydrogens is 276 g/mol. The molecule has 1 heterocycles. The number of hydrogen-bond acceptors (Lipinski definition) is 4. The van der Waals surface area contributed by atoms with Crippen LogP contribution in [-0.2, 0) is 27.9 Å². The minimum atomic E-state index is -1.19. The number of carbonyl (C=O) groups excluding carboxylic acids is 2. The molecule has 0 fully saturated rings. The Labute approximate surface area is 122 Å². The van der Waals surface area contributed by atoms with Crippen molar-refractivity contribution in [3.05, 3.63) is 17.0 Å². The van der Waals surface area contributed by atoms with E-state index in [2.05, 4.69) is 10.4 Å². The Balaban J connectivity index is 2.70. The summed E-state index contributed by atoms with van der Waals surface area (Å²) in [6.07, 6.45) is -0.0739. The lowest BCUT2D eigenvalue weighted by atomic mass is 10.1. The number of nitrogens with two attached hydrogens (primary N) is 1. The summed E-state index contributed by atoms with van der Waals surface area (Å²) >= 11 is 0. The molecule has 8 heteroatoms. The summed E-state index contributed by atoms with van der Waals surface area (Å²) in [6.45, 7) is 3.63. The minimum absolute atomic E-state index is 0.0264. The Bertz CT molecular complexity index is 565. The first-order valence-electron chi connectivity index (χ1n) is 6.52. The molecule has 8 nitrogen and oxygen atoms in total. The molecule has 0 aliphatic rings. The van der Waals surface area contributed by atoms with Crippen LogP contribution >= 0.6 is 0 Å². The zero-order valence-electron chi connectivity index (χ0n) is 12.3. The lowest BCUT2D eigenvalue weighted by Crippen LogP contribution is -2.42. The first-order valence-corrected chi connectivity index (χ1v) is 6.52. The summed E-state index contributed by atoms with van der Waals surface area (Å²) in [5.41, 5.74) is 7.34. The lowest BCUT2D eigenvalue weighted by molar-refractivity contribution is -0.142. The number of aliphatic carboxylic acids is 1. The maximum Gasteiger partial charge on any atom is 0.326 e. The zero-order valence-corrected chi connectivity index (χ0v) is 12.3. The van der Waals surface area contributed by atoms with E-state index >= 15 is 0 Å². The molecule has 1 aromatic rings. The van der Waals surface area contributed by atoms with Gasteiger partial charge in [-0.05, 0) is 20.3 Å². The molecule has 0 saturated carbocycles. The number of nitrogens with one attached hydrogen (secondary N) is 1. The van der Waals surface area contributed by atoms with Gasteiger partial charge in [-0.3, -0.25) is 14.3 Å². The average molecular weight is 296 g/mol. The van der Waals surface area contributed by atoms with E-state index in [0.717, 1.165) is 17.0 Å². The second-order valence-electron chi connectivity index (χ2n) is 4.91. The van der Waals surface area contributed by atoms with Crippen molar-refractivity contribution in [2.75, 3.05) is 0 Å². The van der Waals surface area contributed by atoms with Gasteiger partial charge in [-0.25, -0.2) is 4.79 Å². The highest BCUT2D eigenvalue weighted by atomic mass is 16.4. The summed E-state index contributed by atoms with van der Waals surface area (Å²) in [4.78, 5) is 33.7. The van der Waals surface area contributed by atoms with Crippen LogP contribution in [0.1, 0.15) is 29.8 Å². The highest BCUT2D eigenvalue weighted by Crippen LogP contribution is 2.12. The molecule has 21 heavy (non-hydrogen) atoms. The first-order chi connectivity index (χ1) is 9.72. The van der Waals surface area contributed by atoms with Gasteiger partial charge in [0.05, 0.1) is 12.1 Å². The van der Waals surface area contributed by atoms with Gasteiger partial charge < -0.3 is 16.2 Å². The van der Waals surface area contributed by atoms with Crippen LogP contribution in [0.15, 0.2) is 0 Å². The summed E-state index contributed by atoms with van der Waals surface area (Å²) in [5.74, 6) is -2.22. The van der Waals surface area contributed by atoms with E-state index in [1.165, 1.54) is 0 Å². The molecule has 0 aliphatic carbocycles. The molecule has 116 valence electrons. The van der Waals surface area contributed by atoms with E-state index in [-0.39, 0.29) is 19.3 Å². The monoisotopic (exact) mass is 296 g/mol. The summed E-state index contributed by atoms with van der Waals surface area (Å²) in [6, 6.07) is -1.12. The van der Waals surface area contributed by atoms with E-state index in [1.807, 2.05) is 6.92 Å². The van der Waals surface area contributed by atoms with Gasteiger partial charge in [0.2, 0.25) is 11.8 Å². The molecule has 0 unspecified atom stereocenters. The molecule has 0 saturated heterocycles. The van der Waals surface area contributed by atoms with E-state index < -0.39 is 23.8 Å². The van der Waals surface area contributed by atoms with Crippen LogP contribution in [0.3, 0.4) is 0 Å². The zero-order chi connectivity index (χ0) is 16.2. The van der Waals surface area contributed by atoms with Crippen molar-refractivity contribution in [3.8, 4) is 0 Å². The smallest absolute Gasteiger partial charge is 0.326 e. The maximum absolute atomic E-state index is 12.0. The third-order valence-electron chi connectivity index (χ3n) is 3.31. The number of nitrogens with zero attached hydrogens (tertiary/aromatic N) is 2. The second-order valence-corrected chi connectivity index (χ2v) is 4.91. The molecule has 0 aliphatic heterocycles. The molecule has 1 atom stereocenters. The van der Waals surface area contributed by atoms with Gasteiger partial charge in [-0.2, -0.15) is 5.10 Å². The van der Waals surface area contributed by atoms with E-state index in [1.54, 1.807) is 18.7 Å². The standard InChI is InChI=1S/C13H20N4O4/c1-7-9(8(2)17(3)16-7)6-12(19)15-10(13(20)21)4-5-11(14)18/h10H,4-6H2,1-3H3,(H2,14,18)(H,15,19)(H,20,21)/t10-/m1/s1. The van der Waals surface area contributed by atoms with Gasteiger partial charge in [-0.1, -0.05) is 0 Å². The van der Waals surface area contributed by atoms with Gasteiger partial charge >= 0.3 is 5.97 Å². The third-order valence-corrected chi connectivity index (χ3v) is 3.31. The van der Waals surface area contributed by atoms with Crippen molar-refractivity contribution in [3.63, 3.8) is 0 Å². The van der Waals surface area contributed by atoms with Crippen molar-refractivity contribution < 1.29 is 19.5 Å². The number of primary amides is 1. The predicted octanol–water partition coefficient (Wildman–Crippen LogP) is -0.586. The molecule has 0 bridgehead atoms. The fraction of sp³-hybridized carbons (Fsp3) is 0.538. The van der Waals surface area contributed by atoms with E-state index in [0.29, 0.717) is 0 Å². The van der Waals surface area contributed by atoms with Crippen LogP contribution in [0.5, 0.6) is 0 Å². The first kappa shape index (κ1) is 16.7. The van der Waals surface area contributed by atoms with Crippen molar-refractivity contribution >= 4 is 17.8 Å². The topological polar surface area (TPSA) is 127 Å². The fourth-order valence-electron chi connectivity index (χ4n) is 2.02. The predicted molar refractivity (Wildman–Crippen MR) is 74.4 cm³/mol. The lowest BCUT2D eigenvalue weighted by Gasteiger charge is -2.13. The number of carbonyl (C=O) groups is 3. The second kappa shape index (κ2) is 6.87.